The number of rotatable bonds is 16. The summed E-state index contributed by atoms with van der Waals surface area (Å²) >= 11 is 7.21. The van der Waals surface area contributed by atoms with Crippen LogP contribution in [0.4, 0.5) is 29.3 Å². The van der Waals surface area contributed by atoms with E-state index in [-0.39, 0.29) is 11.7 Å². The number of aldehydes is 1. The predicted molar refractivity (Wildman–Crippen MR) is 285 cm³/mol. The number of hydrogen-bond acceptors (Lipinski definition) is 13. The van der Waals surface area contributed by atoms with Crippen molar-refractivity contribution in [2.75, 3.05) is 76.2 Å². The SMILES string of the molecule is CC1(C)CCC(CN2CCN(c3ccc(C=O)c(Oc4cnc5[nH]ccc5c4)c3)CC2)=C(c2ccc(Cl)cc2)C1.CNSc1ccc(NCCCN2CCC(NC(=O)OC(C)(C)C)C2)c(S(=O)(=O)C(F)(F)F)c1. The first-order valence-electron chi connectivity index (χ1n) is 24.5. The number of ether oxygens (including phenoxy) is 2. The van der Waals surface area contributed by atoms with Gasteiger partial charge in [-0.15, -0.1) is 0 Å². The van der Waals surface area contributed by atoms with E-state index >= 15 is 0 Å². The van der Waals surface area contributed by atoms with Gasteiger partial charge in [0, 0.05) is 91.7 Å². The number of carbonyl (C=O) groups excluding carboxylic acids is 2. The van der Waals surface area contributed by atoms with Gasteiger partial charge in [-0.3, -0.25) is 14.4 Å². The first-order chi connectivity index (χ1) is 34.6. The molecule has 0 spiro atoms. The molecule has 4 heterocycles. The number of alkyl carbamates (subject to hydrolysis) is 1. The fourth-order valence-electron chi connectivity index (χ4n) is 9.24. The van der Waals surface area contributed by atoms with Gasteiger partial charge in [0.25, 0.3) is 9.84 Å². The van der Waals surface area contributed by atoms with Crippen LogP contribution in [0.2, 0.25) is 5.02 Å². The van der Waals surface area contributed by atoms with Gasteiger partial charge in [0.2, 0.25) is 0 Å². The molecule has 2 aromatic heterocycles. The fraction of sp³-hybridized carbons (Fsp3) is 0.453. The zero-order valence-electron chi connectivity index (χ0n) is 42.2. The lowest BCUT2D eigenvalue weighted by molar-refractivity contribution is -0.0435. The highest BCUT2D eigenvalue weighted by molar-refractivity contribution is 7.97. The van der Waals surface area contributed by atoms with Crippen molar-refractivity contribution < 1.29 is 40.7 Å². The topological polar surface area (TPSA) is 161 Å². The summed E-state index contributed by atoms with van der Waals surface area (Å²) in [5, 5.41) is 7.41. The van der Waals surface area contributed by atoms with Gasteiger partial charge < -0.3 is 34.9 Å². The molecule has 0 bridgehead atoms. The van der Waals surface area contributed by atoms with Crippen LogP contribution in [0, 0.1) is 5.41 Å². The van der Waals surface area contributed by atoms with Gasteiger partial charge in [-0.2, -0.15) is 13.2 Å². The average molecular weight is 1070 g/mol. The van der Waals surface area contributed by atoms with E-state index in [0.717, 1.165) is 105 Å². The lowest BCUT2D eigenvalue weighted by Gasteiger charge is -2.39. The molecular weight excluding hydrogens is 1000 g/mol. The van der Waals surface area contributed by atoms with Crippen molar-refractivity contribution in [1.29, 1.82) is 0 Å². The third kappa shape index (κ3) is 15.2. The number of pyridine rings is 1. The number of anilines is 2. The highest BCUT2D eigenvalue weighted by Crippen LogP contribution is 2.44. The van der Waals surface area contributed by atoms with Crippen LogP contribution in [-0.4, -0.2) is 124 Å². The lowest BCUT2D eigenvalue weighted by atomic mass is 9.72. The number of allylic oxidation sites excluding steroid dienone is 1. The molecule has 2 fully saturated rings. The number of amides is 1. The van der Waals surface area contributed by atoms with Gasteiger partial charge in [0.1, 0.15) is 27.6 Å². The molecule has 73 heavy (non-hydrogen) atoms. The van der Waals surface area contributed by atoms with Gasteiger partial charge in [-0.25, -0.2) is 18.2 Å². The zero-order valence-corrected chi connectivity index (χ0v) is 44.6. The standard InChI is InChI=1S/C33H35ClN4O2.C20H31F3N4O4S2/c1-33(2)11-9-25(30(19-33)23-3-6-27(34)7-4-23)21-37-13-15-38(16-14-37)28-8-5-26(22-39)31(18-28)40-29-17-24-10-12-35-32(24)36-20-29;1-19(2,3)31-18(28)26-14-8-11-27(13-14)10-5-9-25-16-7-6-15(32-24-4)12-17(16)33(29,30)20(21,22)23/h3-8,10,12,17-18,20,22H,9,11,13-16,19,21H2,1-2H3,(H,35,36);6-7,12,14,24-25H,5,8-11,13H2,1-4H3,(H,26,28). The molecule has 3 aromatic carbocycles. The molecule has 5 aromatic rings. The number of aromatic amines is 1. The van der Waals surface area contributed by atoms with Crippen molar-refractivity contribution in [3.05, 3.63) is 107 Å². The highest BCUT2D eigenvalue weighted by Gasteiger charge is 2.48. The van der Waals surface area contributed by atoms with E-state index in [1.54, 1.807) is 45.7 Å². The monoisotopic (exact) mass is 1070 g/mol. The zero-order chi connectivity index (χ0) is 52.6. The van der Waals surface area contributed by atoms with Gasteiger partial charge in [0.05, 0.1) is 17.4 Å². The van der Waals surface area contributed by atoms with E-state index in [0.29, 0.717) is 53.4 Å². The normalized spacial score (nSPS) is 17.8. The Labute approximate surface area is 435 Å². The van der Waals surface area contributed by atoms with E-state index in [1.807, 2.05) is 48.7 Å². The number of fused-ring (bicyclic) bond motifs is 1. The first-order valence-corrected chi connectivity index (χ1v) is 27.2. The lowest BCUT2D eigenvalue weighted by Crippen LogP contribution is -2.47. The van der Waals surface area contributed by atoms with Crippen molar-refractivity contribution in [3.63, 3.8) is 0 Å². The molecule has 2 saturated heterocycles. The number of aromatic nitrogens is 2. The van der Waals surface area contributed by atoms with E-state index in [1.165, 1.54) is 23.6 Å². The van der Waals surface area contributed by atoms with Gasteiger partial charge in [-0.05, 0) is 150 Å². The van der Waals surface area contributed by atoms with Crippen LogP contribution in [0.25, 0.3) is 16.6 Å². The molecule has 3 aliphatic rings. The molecule has 1 atom stereocenters. The van der Waals surface area contributed by atoms with E-state index in [2.05, 4.69) is 66.0 Å². The van der Waals surface area contributed by atoms with Crippen molar-refractivity contribution in [2.24, 2.45) is 5.41 Å². The summed E-state index contributed by atoms with van der Waals surface area (Å²) in [6, 6.07) is 21.9. The van der Waals surface area contributed by atoms with Gasteiger partial charge >= 0.3 is 11.6 Å². The molecule has 1 amide bonds. The maximum absolute atomic E-state index is 13.1. The third-order valence-electron chi connectivity index (χ3n) is 13.0. The fourth-order valence-corrected chi connectivity index (χ4v) is 10.9. The number of halogens is 4. The van der Waals surface area contributed by atoms with Crippen molar-refractivity contribution in [2.45, 2.75) is 93.7 Å². The van der Waals surface area contributed by atoms with Crippen molar-refractivity contribution >= 4 is 73.7 Å². The number of sulfone groups is 1. The number of nitrogens with one attached hydrogen (secondary N) is 4. The van der Waals surface area contributed by atoms with E-state index < -0.39 is 31.9 Å². The summed E-state index contributed by atoms with van der Waals surface area (Å²) < 4.78 is 77.6. The van der Waals surface area contributed by atoms with Crippen molar-refractivity contribution in [3.8, 4) is 11.5 Å². The largest absolute Gasteiger partial charge is 0.501 e. The molecule has 1 unspecified atom stereocenters. The number of H-pyrrole nitrogens is 1. The third-order valence-corrected chi connectivity index (χ3v) is 15.5. The van der Waals surface area contributed by atoms with Crippen LogP contribution in [0.1, 0.15) is 82.6 Å². The summed E-state index contributed by atoms with van der Waals surface area (Å²) in [5.41, 5.74) is 1.03. The minimum Gasteiger partial charge on any atom is -0.455 e. The molecular formula is C53H66ClF3N8O6S2. The number of carbonyl (C=O) groups is 2. The Balaban J connectivity index is 0.000000219. The second kappa shape index (κ2) is 23.9. The molecule has 1 aliphatic carbocycles. The minimum absolute atomic E-state index is 0.0337. The number of likely N-dealkylation sites (tertiary alicyclic amines) is 1. The summed E-state index contributed by atoms with van der Waals surface area (Å²) in [6.07, 6.45) is 8.72. The quantitative estimate of drug-likeness (QED) is 0.0420. The molecule has 394 valence electrons. The summed E-state index contributed by atoms with van der Waals surface area (Å²) in [4.78, 5) is 37.8. The number of piperazine rings is 1. The second-order valence-corrected chi connectivity index (χ2v) is 23.8. The van der Waals surface area contributed by atoms with Crippen molar-refractivity contribution in [1.82, 2.24) is 29.8 Å². The smallest absolute Gasteiger partial charge is 0.455 e. The summed E-state index contributed by atoms with van der Waals surface area (Å²) in [5.74, 6) is 1.16. The number of alkyl halides is 3. The summed E-state index contributed by atoms with van der Waals surface area (Å²) in [7, 11) is -3.91. The van der Waals surface area contributed by atoms with E-state index in [9.17, 15) is 31.2 Å². The molecule has 8 rings (SSSR count). The van der Waals surface area contributed by atoms with Crippen LogP contribution < -0.4 is 25.0 Å². The van der Waals surface area contributed by atoms with Crippen LogP contribution >= 0.6 is 23.5 Å². The highest BCUT2D eigenvalue weighted by atomic mass is 35.5. The Morgan fingerprint density at radius 3 is 2.44 bits per heavy atom. The first kappa shape index (κ1) is 55.4. The molecule has 0 radical (unpaired) electrons. The maximum Gasteiger partial charge on any atom is 0.501 e. The molecule has 20 heteroatoms. The Hall–Kier alpha value is -5.31. The van der Waals surface area contributed by atoms with Crippen LogP contribution in [-0.2, 0) is 14.6 Å². The van der Waals surface area contributed by atoms with Crippen LogP contribution in [0.3, 0.4) is 0 Å². The number of benzene rings is 3. The molecule has 4 N–H and O–H groups in total. The minimum atomic E-state index is -5.50. The Morgan fingerprint density at radius 2 is 1.74 bits per heavy atom. The number of nitrogens with zero attached hydrogens (tertiary/aromatic N) is 4. The maximum atomic E-state index is 13.1. The average Bonchev–Trinajstić information content (AvgIpc) is 4.00. The number of hydrogen-bond donors (Lipinski definition) is 4. The van der Waals surface area contributed by atoms with Crippen LogP contribution in [0.5, 0.6) is 11.5 Å². The molecule has 14 nitrogen and oxygen atoms in total. The summed E-state index contributed by atoms with van der Waals surface area (Å²) in [6.45, 7) is 17.3. The second-order valence-electron chi connectivity index (χ2n) is 20.3. The Kier molecular flexibility index (Phi) is 18.2. The molecule has 2 aliphatic heterocycles. The Bertz CT molecular complexity index is 2850. The Morgan fingerprint density at radius 1 is 0.986 bits per heavy atom. The molecule has 0 saturated carbocycles. The predicted octanol–water partition coefficient (Wildman–Crippen LogP) is 11.2. The van der Waals surface area contributed by atoms with Crippen LogP contribution in [0.15, 0.2) is 101 Å². The van der Waals surface area contributed by atoms with Gasteiger partial charge in [0.15, 0.2) is 6.29 Å². The van der Waals surface area contributed by atoms with Gasteiger partial charge in [-0.1, -0.05) is 43.2 Å². The van der Waals surface area contributed by atoms with E-state index in [4.69, 9.17) is 21.1 Å².